The zero-order valence-electron chi connectivity index (χ0n) is 10.1. The molecule has 1 rings (SSSR count). The highest BCUT2D eigenvalue weighted by Crippen LogP contribution is 2.18. The number of hydrogen-bond acceptors (Lipinski definition) is 1. The van der Waals surface area contributed by atoms with Crippen LogP contribution < -0.4 is 5.73 Å². The number of nitrogens with two attached hydrogens (primary N) is 1. The van der Waals surface area contributed by atoms with Crippen molar-refractivity contribution in [3.63, 3.8) is 0 Å². The van der Waals surface area contributed by atoms with Gasteiger partial charge in [0.05, 0.1) is 0 Å². The van der Waals surface area contributed by atoms with E-state index in [1.807, 2.05) is 0 Å². The average Bonchev–Trinajstić information content (AvgIpc) is 2.10. The van der Waals surface area contributed by atoms with Gasteiger partial charge in [-0.25, -0.2) is 0 Å². The second kappa shape index (κ2) is 6.14. The van der Waals surface area contributed by atoms with E-state index in [1.165, 1.54) is 22.3 Å². The fourth-order valence-corrected chi connectivity index (χ4v) is 1.94. The van der Waals surface area contributed by atoms with Crippen LogP contribution in [0.15, 0.2) is 12.1 Å². The minimum Gasteiger partial charge on any atom is -0.327 e. The molecule has 0 amide bonds. The molecule has 2 heteroatoms. The van der Waals surface area contributed by atoms with Crippen molar-refractivity contribution in [1.29, 1.82) is 0 Å². The summed E-state index contributed by atoms with van der Waals surface area (Å²) in [5.41, 5.74) is 11.5. The zero-order valence-corrected chi connectivity index (χ0v) is 10.9. The molecule has 0 aliphatic rings. The quantitative estimate of drug-likeness (QED) is 0.843. The van der Waals surface area contributed by atoms with Crippen LogP contribution in [0.2, 0.25) is 0 Å². The third-order valence-electron chi connectivity index (χ3n) is 2.83. The maximum Gasteiger partial charge on any atom is 0.00768 e. The number of hydrogen-bond donors (Lipinski definition) is 1. The Bertz CT molecular complexity index is 297. The Morgan fingerprint density at radius 1 is 1.13 bits per heavy atom. The van der Waals surface area contributed by atoms with Gasteiger partial charge in [0, 0.05) is 6.04 Å². The van der Waals surface area contributed by atoms with Crippen LogP contribution in [0.1, 0.15) is 35.6 Å². The summed E-state index contributed by atoms with van der Waals surface area (Å²) < 4.78 is 0. The van der Waals surface area contributed by atoms with Gasteiger partial charge in [-0.1, -0.05) is 24.6 Å². The molecule has 0 spiro atoms. The van der Waals surface area contributed by atoms with Gasteiger partial charge < -0.3 is 5.73 Å². The van der Waals surface area contributed by atoms with E-state index in [0.29, 0.717) is 6.04 Å². The van der Waals surface area contributed by atoms with Crippen molar-refractivity contribution in [3.8, 4) is 0 Å². The largest absolute Gasteiger partial charge is 0.327 e. The lowest BCUT2D eigenvalue weighted by molar-refractivity contribution is 0.642. The first-order valence-corrected chi connectivity index (χ1v) is 5.37. The topological polar surface area (TPSA) is 26.0 Å². The lowest BCUT2D eigenvalue weighted by Gasteiger charge is -2.14. The maximum absolute atomic E-state index is 5.98. The molecule has 1 aromatic rings. The molecule has 15 heavy (non-hydrogen) atoms. The van der Waals surface area contributed by atoms with Gasteiger partial charge in [-0.2, -0.15) is 0 Å². The molecule has 86 valence electrons. The minimum absolute atomic E-state index is 0. The smallest absolute Gasteiger partial charge is 0.00768 e. The van der Waals surface area contributed by atoms with E-state index in [1.54, 1.807) is 0 Å². The fourth-order valence-electron chi connectivity index (χ4n) is 1.94. The molecule has 0 heterocycles. The van der Waals surface area contributed by atoms with Crippen LogP contribution in [0.4, 0.5) is 0 Å². The second-order valence-corrected chi connectivity index (χ2v) is 4.25. The molecule has 1 aromatic carbocycles. The molecule has 0 bridgehead atoms. The normalized spacial score (nSPS) is 12.1. The van der Waals surface area contributed by atoms with Gasteiger partial charge in [-0.3, -0.25) is 0 Å². The van der Waals surface area contributed by atoms with Crippen molar-refractivity contribution < 1.29 is 0 Å². The molecule has 0 radical (unpaired) electrons. The summed E-state index contributed by atoms with van der Waals surface area (Å²) in [6.07, 6.45) is 2.06. The van der Waals surface area contributed by atoms with E-state index in [9.17, 15) is 0 Å². The van der Waals surface area contributed by atoms with Crippen LogP contribution in [-0.2, 0) is 6.42 Å². The number of aryl methyl sites for hydroxylation is 3. The summed E-state index contributed by atoms with van der Waals surface area (Å²) in [6, 6.07) is 4.78. The van der Waals surface area contributed by atoms with Gasteiger partial charge in [0.25, 0.3) is 0 Å². The molecular weight excluding hydrogens is 206 g/mol. The Morgan fingerprint density at radius 3 is 2.00 bits per heavy atom. The summed E-state index contributed by atoms with van der Waals surface area (Å²) in [6.45, 7) is 8.64. The Balaban J connectivity index is 0.00000196. The first-order chi connectivity index (χ1) is 6.54. The fraction of sp³-hybridized carbons (Fsp3) is 0.538. The maximum atomic E-state index is 5.98. The average molecular weight is 228 g/mol. The van der Waals surface area contributed by atoms with Crippen molar-refractivity contribution in [1.82, 2.24) is 0 Å². The van der Waals surface area contributed by atoms with Crippen LogP contribution in [0.3, 0.4) is 0 Å². The standard InChI is InChI=1S/C13H21N.ClH/c1-5-12(14)8-13-10(3)6-9(2)7-11(13)4;/h6-7,12H,5,8,14H2,1-4H3;1H. The van der Waals surface area contributed by atoms with E-state index in [4.69, 9.17) is 5.73 Å². The summed E-state index contributed by atoms with van der Waals surface area (Å²) >= 11 is 0. The van der Waals surface area contributed by atoms with Crippen LogP contribution in [-0.4, -0.2) is 6.04 Å². The first kappa shape index (κ1) is 14.5. The third kappa shape index (κ3) is 3.84. The molecule has 0 saturated heterocycles. The summed E-state index contributed by atoms with van der Waals surface area (Å²) in [5.74, 6) is 0. The van der Waals surface area contributed by atoms with E-state index in [2.05, 4.69) is 39.8 Å². The van der Waals surface area contributed by atoms with Crippen LogP contribution in [0.25, 0.3) is 0 Å². The van der Waals surface area contributed by atoms with E-state index < -0.39 is 0 Å². The van der Waals surface area contributed by atoms with Gasteiger partial charge in [0.15, 0.2) is 0 Å². The van der Waals surface area contributed by atoms with Crippen molar-refractivity contribution in [2.45, 2.75) is 46.6 Å². The second-order valence-electron chi connectivity index (χ2n) is 4.25. The number of rotatable bonds is 3. The Kier molecular flexibility index (Phi) is 5.92. The van der Waals surface area contributed by atoms with Crippen molar-refractivity contribution in [3.05, 3.63) is 34.4 Å². The van der Waals surface area contributed by atoms with Gasteiger partial charge in [-0.05, 0) is 50.3 Å². The summed E-state index contributed by atoms with van der Waals surface area (Å²) in [5, 5.41) is 0. The third-order valence-corrected chi connectivity index (χ3v) is 2.83. The van der Waals surface area contributed by atoms with E-state index >= 15 is 0 Å². The Labute approximate surface area is 99.5 Å². The van der Waals surface area contributed by atoms with Crippen LogP contribution in [0.5, 0.6) is 0 Å². The molecule has 1 atom stereocenters. The predicted molar refractivity (Wildman–Crippen MR) is 69.9 cm³/mol. The molecule has 2 N–H and O–H groups in total. The van der Waals surface area contributed by atoms with Gasteiger partial charge in [0.2, 0.25) is 0 Å². The summed E-state index contributed by atoms with van der Waals surface area (Å²) in [4.78, 5) is 0. The SMILES string of the molecule is CCC(N)Cc1c(C)cc(C)cc1C.Cl. The molecule has 0 fully saturated rings. The van der Waals surface area contributed by atoms with Crippen LogP contribution in [0, 0.1) is 20.8 Å². The Morgan fingerprint density at radius 2 is 1.60 bits per heavy atom. The highest BCUT2D eigenvalue weighted by Gasteiger charge is 2.07. The molecule has 0 saturated carbocycles. The van der Waals surface area contributed by atoms with Gasteiger partial charge >= 0.3 is 0 Å². The monoisotopic (exact) mass is 227 g/mol. The molecule has 0 aliphatic heterocycles. The number of halogens is 1. The summed E-state index contributed by atoms with van der Waals surface area (Å²) in [7, 11) is 0. The van der Waals surface area contributed by atoms with Crippen molar-refractivity contribution in [2.75, 3.05) is 0 Å². The molecular formula is C13H22ClN. The predicted octanol–water partition coefficient (Wildman–Crippen LogP) is 3.31. The van der Waals surface area contributed by atoms with Gasteiger partial charge in [-0.15, -0.1) is 12.4 Å². The molecule has 0 aliphatic carbocycles. The lowest BCUT2D eigenvalue weighted by atomic mass is 9.94. The first-order valence-electron chi connectivity index (χ1n) is 5.37. The minimum atomic E-state index is 0. The van der Waals surface area contributed by atoms with Crippen molar-refractivity contribution >= 4 is 12.4 Å². The molecule has 1 unspecified atom stereocenters. The van der Waals surface area contributed by atoms with E-state index in [-0.39, 0.29) is 12.4 Å². The highest BCUT2D eigenvalue weighted by atomic mass is 35.5. The highest BCUT2D eigenvalue weighted by molar-refractivity contribution is 5.85. The number of benzene rings is 1. The lowest BCUT2D eigenvalue weighted by Crippen LogP contribution is -2.22. The molecule has 1 nitrogen and oxygen atoms in total. The molecule has 0 aromatic heterocycles. The van der Waals surface area contributed by atoms with E-state index in [0.717, 1.165) is 12.8 Å². The van der Waals surface area contributed by atoms with Crippen LogP contribution >= 0.6 is 12.4 Å². The zero-order chi connectivity index (χ0) is 10.7. The van der Waals surface area contributed by atoms with Crippen molar-refractivity contribution in [2.24, 2.45) is 5.73 Å². The Hall–Kier alpha value is -0.530. The van der Waals surface area contributed by atoms with Gasteiger partial charge in [0.1, 0.15) is 0 Å².